The Kier molecular flexibility index (Phi) is 45.0. The first-order chi connectivity index (χ1) is 42.3. The van der Waals surface area contributed by atoms with Gasteiger partial charge in [0.05, 0.1) is 38.6 Å². The maximum Gasteiger partial charge on any atom is 0.220 e. The minimum atomic E-state index is -1.98. The van der Waals surface area contributed by atoms with Crippen molar-refractivity contribution in [1.29, 1.82) is 0 Å². The number of unbranched alkanes of at least 4 members (excludes halogenated alkanes) is 24. The Balaban J connectivity index is 1.28. The molecule has 3 fully saturated rings. The van der Waals surface area contributed by atoms with Crippen molar-refractivity contribution in [1.82, 2.24) is 5.32 Å². The fraction of sp³-hybridized carbons (Fsp3) is 0.809. The van der Waals surface area contributed by atoms with Gasteiger partial charge in [0.2, 0.25) is 5.91 Å². The molecule has 0 bridgehead atoms. The van der Waals surface area contributed by atoms with E-state index in [-0.39, 0.29) is 18.9 Å². The van der Waals surface area contributed by atoms with E-state index in [4.69, 9.17) is 28.4 Å². The molecule has 3 rings (SSSR count). The van der Waals surface area contributed by atoms with Gasteiger partial charge in [-0.2, -0.15) is 0 Å². The highest BCUT2D eigenvalue weighted by atomic mass is 16.8. The van der Waals surface area contributed by atoms with Crippen LogP contribution in [0.3, 0.4) is 0 Å². The number of aliphatic hydroxyl groups excluding tert-OH is 11. The molecule has 1 amide bonds. The van der Waals surface area contributed by atoms with Crippen molar-refractivity contribution in [3.05, 3.63) is 72.9 Å². The Morgan fingerprint density at radius 1 is 0.425 bits per heavy atom. The second kappa shape index (κ2) is 49.9. The number of allylic oxidation sites excluding steroid dienone is 11. The van der Waals surface area contributed by atoms with Crippen LogP contribution in [0.1, 0.15) is 219 Å². The molecule has 17 atom stereocenters. The van der Waals surface area contributed by atoms with E-state index in [2.05, 4.69) is 79.9 Å². The zero-order chi connectivity index (χ0) is 63.3. The molecule has 0 saturated carbocycles. The Labute approximate surface area is 521 Å². The average molecular weight is 1240 g/mol. The fourth-order valence-corrected chi connectivity index (χ4v) is 11.0. The summed E-state index contributed by atoms with van der Waals surface area (Å²) in [6.45, 7) is 1.46. The van der Waals surface area contributed by atoms with Gasteiger partial charge >= 0.3 is 0 Å². The first kappa shape index (κ1) is 78.5. The predicted molar refractivity (Wildman–Crippen MR) is 337 cm³/mol. The van der Waals surface area contributed by atoms with Crippen molar-refractivity contribution in [3.63, 3.8) is 0 Å². The highest BCUT2D eigenvalue weighted by Gasteiger charge is 2.53. The molecule has 0 aromatic carbocycles. The number of carbonyl (C=O) groups excluding carboxylic acids is 1. The SMILES string of the molecule is CC/C=C\C/C=C\C/C=C\C/C=C\CCCCCCCCCCCCCCCCCCCCCCCCC(=O)NC(COC1OC(CO)C(OC2OC(CO)C(OC3OC(CO)C(O)C(O)C3O)C(O)C2O)C(O)C1O)C(O)/C=C/CC/C=C/CCC. The number of ether oxygens (including phenoxy) is 6. The number of aliphatic hydroxyl groups is 11. The fourth-order valence-electron chi connectivity index (χ4n) is 11.0. The Hall–Kier alpha value is -2.77. The van der Waals surface area contributed by atoms with Gasteiger partial charge in [0, 0.05) is 6.42 Å². The van der Waals surface area contributed by atoms with Gasteiger partial charge in [-0.3, -0.25) is 4.79 Å². The van der Waals surface area contributed by atoms with Gasteiger partial charge in [-0.1, -0.05) is 222 Å². The van der Waals surface area contributed by atoms with E-state index in [1.54, 1.807) is 6.08 Å². The molecular formula is C68H119NO18. The number of carbonyl (C=O) groups is 1. The van der Waals surface area contributed by atoms with Crippen LogP contribution in [0.25, 0.3) is 0 Å². The lowest BCUT2D eigenvalue weighted by Crippen LogP contribution is -2.66. The van der Waals surface area contributed by atoms with E-state index in [1.807, 2.05) is 6.08 Å². The topological polar surface area (TPSA) is 307 Å². The van der Waals surface area contributed by atoms with E-state index < -0.39 is 124 Å². The van der Waals surface area contributed by atoms with Crippen molar-refractivity contribution in [2.24, 2.45) is 0 Å². The molecule has 87 heavy (non-hydrogen) atoms. The quantitative estimate of drug-likeness (QED) is 0.0202. The minimum absolute atomic E-state index is 0.235. The molecule has 3 heterocycles. The highest BCUT2D eigenvalue weighted by molar-refractivity contribution is 5.76. The molecule has 3 aliphatic rings. The summed E-state index contributed by atoms with van der Waals surface area (Å²) in [5.41, 5.74) is 0. The summed E-state index contributed by atoms with van der Waals surface area (Å²) in [5, 5.41) is 120. The van der Waals surface area contributed by atoms with E-state index in [1.165, 1.54) is 122 Å². The highest BCUT2D eigenvalue weighted by Crippen LogP contribution is 2.33. The van der Waals surface area contributed by atoms with Gasteiger partial charge < -0.3 is 89.9 Å². The second-order valence-corrected chi connectivity index (χ2v) is 23.9. The van der Waals surface area contributed by atoms with Crippen molar-refractivity contribution < 1.29 is 89.4 Å². The first-order valence-corrected chi connectivity index (χ1v) is 33.7. The summed E-state index contributed by atoms with van der Waals surface area (Å²) in [7, 11) is 0. The molecule has 0 aromatic rings. The molecule has 19 nitrogen and oxygen atoms in total. The van der Waals surface area contributed by atoms with Crippen LogP contribution in [0, 0.1) is 0 Å². The molecule has 0 aliphatic carbocycles. The summed E-state index contributed by atoms with van der Waals surface area (Å²) in [6, 6.07) is -0.987. The molecule has 12 N–H and O–H groups in total. The third kappa shape index (κ3) is 32.4. The maximum absolute atomic E-state index is 13.3. The summed E-state index contributed by atoms with van der Waals surface area (Å²) in [4.78, 5) is 13.3. The van der Waals surface area contributed by atoms with Crippen LogP contribution in [0.15, 0.2) is 72.9 Å². The molecule has 19 heteroatoms. The van der Waals surface area contributed by atoms with Gasteiger partial charge in [0.1, 0.15) is 73.2 Å². The summed E-state index contributed by atoms with van der Waals surface area (Å²) in [6.07, 6.45) is 35.4. The maximum atomic E-state index is 13.3. The lowest BCUT2D eigenvalue weighted by Gasteiger charge is -2.48. The molecule has 0 spiro atoms. The molecule has 17 unspecified atom stereocenters. The van der Waals surface area contributed by atoms with Crippen LogP contribution in [0.4, 0.5) is 0 Å². The van der Waals surface area contributed by atoms with Crippen molar-refractivity contribution in [2.45, 2.75) is 324 Å². The van der Waals surface area contributed by atoms with Gasteiger partial charge in [-0.25, -0.2) is 0 Å². The normalized spacial score (nSPS) is 29.0. The average Bonchev–Trinajstić information content (AvgIpc) is 2.35. The zero-order valence-corrected chi connectivity index (χ0v) is 53.0. The zero-order valence-electron chi connectivity index (χ0n) is 53.0. The Bertz CT molecular complexity index is 1860. The van der Waals surface area contributed by atoms with E-state index >= 15 is 0 Å². The van der Waals surface area contributed by atoms with Crippen LogP contribution in [0.5, 0.6) is 0 Å². The molecule has 3 saturated heterocycles. The summed E-state index contributed by atoms with van der Waals surface area (Å²) in [5.74, 6) is -0.290. The number of hydrogen-bond donors (Lipinski definition) is 12. The summed E-state index contributed by atoms with van der Waals surface area (Å²) < 4.78 is 34.1. The molecule has 0 radical (unpaired) electrons. The number of nitrogens with one attached hydrogen (secondary N) is 1. The van der Waals surface area contributed by atoms with Gasteiger partial charge in [-0.05, 0) is 64.2 Å². The largest absolute Gasteiger partial charge is 0.394 e. The first-order valence-electron chi connectivity index (χ1n) is 33.7. The Morgan fingerprint density at radius 3 is 1.28 bits per heavy atom. The summed E-state index contributed by atoms with van der Waals surface area (Å²) >= 11 is 0. The van der Waals surface area contributed by atoms with Gasteiger partial charge in [-0.15, -0.1) is 0 Å². The lowest BCUT2D eigenvalue weighted by atomic mass is 9.96. The van der Waals surface area contributed by atoms with Crippen LogP contribution in [-0.2, 0) is 33.2 Å². The smallest absolute Gasteiger partial charge is 0.220 e. The number of amides is 1. The van der Waals surface area contributed by atoms with Crippen LogP contribution in [-0.4, -0.2) is 193 Å². The van der Waals surface area contributed by atoms with Crippen LogP contribution in [0.2, 0.25) is 0 Å². The third-order valence-electron chi connectivity index (χ3n) is 16.5. The van der Waals surface area contributed by atoms with Gasteiger partial charge in [0.25, 0.3) is 0 Å². The molecule has 0 aromatic heterocycles. The third-order valence-corrected chi connectivity index (χ3v) is 16.5. The van der Waals surface area contributed by atoms with Crippen molar-refractivity contribution in [3.8, 4) is 0 Å². The molecule has 504 valence electrons. The van der Waals surface area contributed by atoms with Crippen LogP contribution >= 0.6 is 0 Å². The van der Waals surface area contributed by atoms with Crippen molar-refractivity contribution in [2.75, 3.05) is 26.4 Å². The minimum Gasteiger partial charge on any atom is -0.394 e. The molecular weight excluding hydrogens is 1120 g/mol. The monoisotopic (exact) mass is 1240 g/mol. The Morgan fingerprint density at radius 2 is 0.805 bits per heavy atom. The van der Waals surface area contributed by atoms with Gasteiger partial charge in [0.15, 0.2) is 18.9 Å². The molecule has 3 aliphatic heterocycles. The predicted octanol–water partition coefficient (Wildman–Crippen LogP) is 8.16. The number of rotatable bonds is 50. The second-order valence-electron chi connectivity index (χ2n) is 23.9. The lowest BCUT2D eigenvalue weighted by molar-refractivity contribution is -0.379. The van der Waals surface area contributed by atoms with Crippen LogP contribution < -0.4 is 5.32 Å². The van der Waals surface area contributed by atoms with Crippen molar-refractivity contribution >= 4 is 5.91 Å². The van der Waals surface area contributed by atoms with E-state index in [0.717, 1.165) is 64.2 Å². The van der Waals surface area contributed by atoms with E-state index in [0.29, 0.717) is 12.8 Å². The standard InChI is InChI=1S/C68H119NO18/c1-3-5-7-9-11-12-13-14-15-16-17-18-19-20-21-22-23-24-25-26-27-28-29-30-31-32-33-34-35-36-37-38-40-42-44-46-56(74)69-51(52(73)45-43-41-39-10-8-6-4-2)50-82-66-62(80)59(77)64(54(48-71)84-66)87-68-63(81)60(78)65(55(49-72)85-68)86-67-61(79)58(76)57(75)53(47-70)83-67/h5,7-8,10-12,14-15,17-18,43,45,51-55,57-68,70-73,75-81H,3-4,6,9,13,16,19-42,44,46-50H2,1-2H3,(H,69,74)/b7-5-,10-8+,12-11-,15-14-,18-17-,45-43+. The van der Waals surface area contributed by atoms with E-state index in [9.17, 15) is 61.0 Å². The number of hydrogen-bond acceptors (Lipinski definition) is 18.